The lowest BCUT2D eigenvalue weighted by atomic mass is 10.1. The van der Waals surface area contributed by atoms with E-state index in [-0.39, 0.29) is 27.8 Å². The first-order valence-electron chi connectivity index (χ1n) is 7.73. The maximum Gasteiger partial charge on any atom is 0.265 e. The van der Waals surface area contributed by atoms with Crippen LogP contribution in [0.1, 0.15) is 22.8 Å². The number of anilines is 2. The van der Waals surface area contributed by atoms with Crippen LogP contribution in [0, 0.1) is 6.92 Å². The predicted octanol–water partition coefficient (Wildman–Crippen LogP) is 1.61. The number of primary amides is 1. The number of carbonyl (C=O) groups is 2. The van der Waals surface area contributed by atoms with Gasteiger partial charge in [0.15, 0.2) is 6.10 Å². The van der Waals surface area contributed by atoms with Crippen LogP contribution in [0.5, 0.6) is 5.75 Å². The first-order chi connectivity index (χ1) is 12.2. The minimum Gasteiger partial charge on any atom is -0.479 e. The van der Waals surface area contributed by atoms with Gasteiger partial charge in [-0.1, -0.05) is 12.1 Å². The molecule has 0 saturated carbocycles. The second-order valence-corrected chi connectivity index (χ2v) is 7.53. The lowest BCUT2D eigenvalue weighted by Gasteiger charge is -2.24. The van der Waals surface area contributed by atoms with Gasteiger partial charge in [0.2, 0.25) is 0 Å². The third-order valence-corrected chi connectivity index (χ3v) is 5.44. The molecule has 1 atom stereocenters. The van der Waals surface area contributed by atoms with E-state index >= 15 is 0 Å². The van der Waals surface area contributed by atoms with E-state index in [1.54, 1.807) is 26.0 Å². The Balaban J connectivity index is 2.02. The fourth-order valence-electron chi connectivity index (χ4n) is 2.62. The molecular weight excluding hydrogens is 358 g/mol. The van der Waals surface area contributed by atoms with Crippen LogP contribution in [0.25, 0.3) is 0 Å². The third-order valence-electron chi connectivity index (χ3n) is 3.93. The van der Waals surface area contributed by atoms with Crippen LogP contribution in [0.4, 0.5) is 11.4 Å². The minimum absolute atomic E-state index is 0.0288. The second-order valence-electron chi connectivity index (χ2n) is 5.88. The van der Waals surface area contributed by atoms with Gasteiger partial charge in [0, 0.05) is 6.07 Å². The Morgan fingerprint density at radius 1 is 1.27 bits per heavy atom. The monoisotopic (exact) mass is 375 g/mol. The van der Waals surface area contributed by atoms with Gasteiger partial charge in [-0.05, 0) is 37.6 Å². The minimum atomic E-state index is -4.01. The summed E-state index contributed by atoms with van der Waals surface area (Å²) in [7, 11) is -4.01. The van der Waals surface area contributed by atoms with Crippen molar-refractivity contribution < 1.29 is 22.7 Å². The molecule has 0 aliphatic carbocycles. The molecule has 0 spiro atoms. The van der Waals surface area contributed by atoms with Gasteiger partial charge in [-0.25, -0.2) is 8.42 Å². The molecule has 1 aliphatic rings. The Hall–Kier alpha value is -3.07. The molecule has 2 aromatic carbocycles. The maximum absolute atomic E-state index is 12.8. The lowest BCUT2D eigenvalue weighted by molar-refractivity contribution is -0.122. The Bertz CT molecular complexity index is 1020. The van der Waals surface area contributed by atoms with E-state index in [2.05, 4.69) is 10.0 Å². The van der Waals surface area contributed by atoms with Gasteiger partial charge in [0.05, 0.1) is 21.8 Å². The van der Waals surface area contributed by atoms with Gasteiger partial charge < -0.3 is 15.8 Å². The molecule has 1 heterocycles. The summed E-state index contributed by atoms with van der Waals surface area (Å²) in [6.45, 7) is 3.16. The van der Waals surface area contributed by atoms with Crippen molar-refractivity contribution in [2.45, 2.75) is 24.8 Å². The largest absolute Gasteiger partial charge is 0.479 e. The SMILES string of the molecule is Cc1cc2c(cc1S(=O)(=O)Nc1ccccc1C(N)=O)OC(C)C(=O)N2. The van der Waals surface area contributed by atoms with E-state index in [4.69, 9.17) is 10.5 Å². The zero-order valence-corrected chi connectivity index (χ0v) is 14.9. The number of hydrogen-bond acceptors (Lipinski definition) is 5. The number of benzene rings is 2. The highest BCUT2D eigenvalue weighted by Gasteiger charge is 2.27. The standard InChI is InChI=1S/C17H17N3O5S/c1-9-7-13-14(25-10(2)17(22)19-13)8-15(9)26(23,24)20-12-6-4-3-5-11(12)16(18)21/h3-8,10,20H,1-2H3,(H2,18,21)(H,19,22). The summed E-state index contributed by atoms with van der Waals surface area (Å²) in [6, 6.07) is 8.91. The number of nitrogens with one attached hydrogen (secondary N) is 2. The van der Waals surface area contributed by atoms with Crippen molar-refractivity contribution in [3.8, 4) is 5.75 Å². The van der Waals surface area contributed by atoms with Crippen LogP contribution in [0.2, 0.25) is 0 Å². The second kappa shape index (κ2) is 6.34. The molecule has 9 heteroatoms. The van der Waals surface area contributed by atoms with E-state index in [0.29, 0.717) is 11.3 Å². The molecule has 136 valence electrons. The molecule has 1 unspecified atom stereocenters. The summed E-state index contributed by atoms with van der Waals surface area (Å²) < 4.78 is 33.5. The molecule has 2 aromatic rings. The van der Waals surface area contributed by atoms with Gasteiger partial charge in [-0.3, -0.25) is 14.3 Å². The van der Waals surface area contributed by atoms with Gasteiger partial charge in [0.1, 0.15) is 5.75 Å². The lowest BCUT2D eigenvalue weighted by Crippen LogP contribution is -2.34. The van der Waals surface area contributed by atoms with Crippen molar-refractivity contribution in [3.05, 3.63) is 47.5 Å². The number of aryl methyl sites for hydroxylation is 1. The number of fused-ring (bicyclic) bond motifs is 1. The smallest absolute Gasteiger partial charge is 0.265 e. The predicted molar refractivity (Wildman–Crippen MR) is 95.7 cm³/mol. The Labute approximate surface area is 150 Å². The average molecular weight is 375 g/mol. The van der Waals surface area contributed by atoms with Gasteiger partial charge in [-0.2, -0.15) is 0 Å². The van der Waals surface area contributed by atoms with E-state index < -0.39 is 22.0 Å². The van der Waals surface area contributed by atoms with E-state index in [0.717, 1.165) is 0 Å². The zero-order valence-electron chi connectivity index (χ0n) is 14.1. The number of ether oxygens (including phenoxy) is 1. The maximum atomic E-state index is 12.8. The van der Waals surface area contributed by atoms with Crippen molar-refractivity contribution >= 4 is 33.2 Å². The van der Waals surface area contributed by atoms with Gasteiger partial charge in [-0.15, -0.1) is 0 Å². The van der Waals surface area contributed by atoms with Crippen LogP contribution in [0.3, 0.4) is 0 Å². The van der Waals surface area contributed by atoms with E-state index in [1.165, 1.54) is 24.3 Å². The number of para-hydroxylation sites is 1. The molecule has 0 radical (unpaired) electrons. The highest BCUT2D eigenvalue weighted by Crippen LogP contribution is 2.35. The molecule has 0 aromatic heterocycles. The van der Waals surface area contributed by atoms with Crippen LogP contribution < -0.4 is 20.5 Å². The first kappa shape index (κ1) is 17.7. The average Bonchev–Trinajstić information content (AvgIpc) is 2.55. The van der Waals surface area contributed by atoms with Crippen molar-refractivity contribution in [2.75, 3.05) is 10.0 Å². The summed E-state index contributed by atoms with van der Waals surface area (Å²) in [5.41, 5.74) is 6.24. The molecule has 0 bridgehead atoms. The number of sulfonamides is 1. The molecule has 26 heavy (non-hydrogen) atoms. The third kappa shape index (κ3) is 3.21. The Kier molecular flexibility index (Phi) is 4.33. The van der Waals surface area contributed by atoms with E-state index in [9.17, 15) is 18.0 Å². The molecular formula is C17H17N3O5S. The fourth-order valence-corrected chi connectivity index (χ4v) is 3.94. The van der Waals surface area contributed by atoms with Crippen LogP contribution in [0.15, 0.2) is 41.3 Å². The van der Waals surface area contributed by atoms with Crippen molar-refractivity contribution in [1.82, 2.24) is 0 Å². The number of carbonyl (C=O) groups excluding carboxylic acids is 2. The first-order valence-corrected chi connectivity index (χ1v) is 9.21. The summed E-state index contributed by atoms with van der Waals surface area (Å²) in [4.78, 5) is 23.1. The summed E-state index contributed by atoms with van der Waals surface area (Å²) in [5.74, 6) is -0.794. The normalized spacial score (nSPS) is 16.2. The van der Waals surface area contributed by atoms with Crippen LogP contribution in [-0.2, 0) is 14.8 Å². The molecule has 4 N–H and O–H groups in total. The Morgan fingerprint density at radius 2 is 1.96 bits per heavy atom. The molecule has 8 nitrogen and oxygen atoms in total. The number of rotatable bonds is 4. The topological polar surface area (TPSA) is 128 Å². The van der Waals surface area contributed by atoms with Gasteiger partial charge >= 0.3 is 0 Å². The van der Waals surface area contributed by atoms with E-state index in [1.807, 2.05) is 0 Å². The summed E-state index contributed by atoms with van der Waals surface area (Å²) in [6.07, 6.45) is -0.732. The molecule has 1 aliphatic heterocycles. The highest BCUT2D eigenvalue weighted by atomic mass is 32.2. The fraction of sp³-hybridized carbons (Fsp3) is 0.176. The molecule has 2 amide bonds. The molecule has 3 rings (SSSR count). The van der Waals surface area contributed by atoms with Crippen molar-refractivity contribution in [2.24, 2.45) is 5.73 Å². The molecule has 0 fully saturated rings. The number of hydrogen-bond donors (Lipinski definition) is 3. The van der Waals surface area contributed by atoms with Gasteiger partial charge in [0.25, 0.3) is 21.8 Å². The number of nitrogens with two attached hydrogens (primary N) is 1. The molecule has 0 saturated heterocycles. The van der Waals surface area contributed by atoms with Crippen LogP contribution >= 0.6 is 0 Å². The zero-order chi connectivity index (χ0) is 19.1. The van der Waals surface area contributed by atoms with Crippen LogP contribution in [-0.4, -0.2) is 26.3 Å². The Morgan fingerprint density at radius 3 is 2.65 bits per heavy atom. The summed E-state index contributed by atoms with van der Waals surface area (Å²) >= 11 is 0. The number of amides is 2. The highest BCUT2D eigenvalue weighted by molar-refractivity contribution is 7.92. The van der Waals surface area contributed by atoms with Crippen molar-refractivity contribution in [3.63, 3.8) is 0 Å². The van der Waals surface area contributed by atoms with Crippen molar-refractivity contribution in [1.29, 1.82) is 0 Å². The quantitative estimate of drug-likeness (QED) is 0.748. The summed E-state index contributed by atoms with van der Waals surface area (Å²) in [5, 5.41) is 2.66.